The maximum atomic E-state index is 11.7. The number of carbonyl (C=O) groups excluding carboxylic acids is 4. The maximum absolute atomic E-state index is 11.7. The predicted molar refractivity (Wildman–Crippen MR) is 80.1 cm³/mol. The van der Waals surface area contributed by atoms with Crippen LogP contribution in [0, 0.1) is 5.92 Å². The molecule has 1 aliphatic carbocycles. The summed E-state index contributed by atoms with van der Waals surface area (Å²) in [5.74, 6) is -2.66. The van der Waals surface area contributed by atoms with E-state index in [0.717, 1.165) is 0 Å². The largest absolute Gasteiger partial charge is 0.465 e. The first kappa shape index (κ1) is 19.2. The van der Waals surface area contributed by atoms with Crippen LogP contribution >= 0.6 is 0 Å². The summed E-state index contributed by atoms with van der Waals surface area (Å²) in [6, 6.07) is 0. The fraction of sp³-hybridized carbons (Fsp3) is 0.750. The lowest BCUT2D eigenvalue weighted by Gasteiger charge is -2.41. The zero-order valence-corrected chi connectivity index (χ0v) is 14.6. The lowest BCUT2D eigenvalue weighted by molar-refractivity contribution is -0.193. The van der Waals surface area contributed by atoms with Gasteiger partial charge in [-0.15, -0.1) is 0 Å². The van der Waals surface area contributed by atoms with E-state index in [4.69, 9.17) is 23.7 Å². The van der Waals surface area contributed by atoms with Gasteiger partial charge in [-0.05, 0) is 6.42 Å². The normalized spacial score (nSPS) is 32.8. The Kier molecular flexibility index (Phi) is 5.66. The van der Waals surface area contributed by atoms with E-state index in [-0.39, 0.29) is 19.6 Å². The highest BCUT2D eigenvalue weighted by Crippen LogP contribution is 2.50. The fourth-order valence-electron chi connectivity index (χ4n) is 3.25. The Balaban J connectivity index is 2.28. The van der Waals surface area contributed by atoms with Crippen LogP contribution in [0.1, 0.15) is 34.1 Å². The summed E-state index contributed by atoms with van der Waals surface area (Å²) in [7, 11) is 0. The molecule has 0 amide bonds. The summed E-state index contributed by atoms with van der Waals surface area (Å²) in [6.45, 7) is 4.68. The van der Waals surface area contributed by atoms with Gasteiger partial charge in [0.1, 0.15) is 24.9 Å². The number of fused-ring (bicyclic) bond motifs is 1. The molecule has 1 heterocycles. The summed E-state index contributed by atoms with van der Waals surface area (Å²) >= 11 is 0. The van der Waals surface area contributed by atoms with Crippen molar-refractivity contribution < 1.29 is 42.9 Å². The molecule has 0 N–H and O–H groups in total. The van der Waals surface area contributed by atoms with Crippen molar-refractivity contribution in [2.24, 2.45) is 5.92 Å². The third-order valence-electron chi connectivity index (χ3n) is 4.22. The van der Waals surface area contributed by atoms with Gasteiger partial charge in [-0.1, -0.05) is 0 Å². The van der Waals surface area contributed by atoms with Crippen LogP contribution in [0.5, 0.6) is 0 Å². The van der Waals surface area contributed by atoms with Crippen LogP contribution in [0.2, 0.25) is 0 Å². The van der Waals surface area contributed by atoms with E-state index < -0.39 is 53.7 Å². The lowest BCUT2D eigenvalue weighted by Crippen LogP contribution is -2.58. The summed E-state index contributed by atoms with van der Waals surface area (Å²) in [5.41, 5.74) is -1.30. The molecule has 0 bridgehead atoms. The summed E-state index contributed by atoms with van der Waals surface area (Å²) in [5, 5.41) is 0. The van der Waals surface area contributed by atoms with E-state index in [0.29, 0.717) is 0 Å². The van der Waals surface area contributed by atoms with E-state index in [1.54, 1.807) is 0 Å². The average molecular weight is 358 g/mol. The van der Waals surface area contributed by atoms with Gasteiger partial charge in [0.05, 0.1) is 6.61 Å². The van der Waals surface area contributed by atoms with Crippen molar-refractivity contribution in [3.05, 3.63) is 0 Å². The van der Waals surface area contributed by atoms with Crippen LogP contribution in [0.25, 0.3) is 0 Å². The number of esters is 4. The van der Waals surface area contributed by atoms with E-state index in [1.165, 1.54) is 27.7 Å². The number of hydrogen-bond donors (Lipinski definition) is 0. The van der Waals surface area contributed by atoms with E-state index >= 15 is 0 Å². The highest BCUT2D eigenvalue weighted by molar-refractivity contribution is 5.68. The molecular weight excluding hydrogens is 336 g/mol. The first-order valence-corrected chi connectivity index (χ1v) is 7.94. The predicted octanol–water partition coefficient (Wildman–Crippen LogP) is 0.134. The van der Waals surface area contributed by atoms with Gasteiger partial charge in [0, 0.05) is 33.6 Å². The molecule has 1 saturated carbocycles. The molecule has 0 aromatic heterocycles. The van der Waals surface area contributed by atoms with Crippen molar-refractivity contribution in [2.75, 3.05) is 13.2 Å². The van der Waals surface area contributed by atoms with Crippen LogP contribution in [0.15, 0.2) is 0 Å². The van der Waals surface area contributed by atoms with Gasteiger partial charge in [0.2, 0.25) is 0 Å². The Hall–Kier alpha value is -2.16. The van der Waals surface area contributed by atoms with Gasteiger partial charge < -0.3 is 23.7 Å². The standard InChI is InChI=1S/C16H22O9/c1-8(17)21-6-12-5-13(23-10(3)19)14-15(24-14)16(12,25-11(4)20)7-22-9(2)18/h12-15H,5-7H2,1-4H3/t12-,13+,14+,15+,16-/m1/s1. The van der Waals surface area contributed by atoms with Crippen LogP contribution in [0.3, 0.4) is 0 Å². The van der Waals surface area contributed by atoms with Gasteiger partial charge >= 0.3 is 23.9 Å². The Bertz CT molecular complexity index is 572. The number of rotatable bonds is 6. The van der Waals surface area contributed by atoms with Gasteiger partial charge in [0.25, 0.3) is 0 Å². The molecule has 5 atom stereocenters. The van der Waals surface area contributed by atoms with Gasteiger partial charge in [-0.25, -0.2) is 0 Å². The van der Waals surface area contributed by atoms with Crippen molar-refractivity contribution in [3.8, 4) is 0 Å². The Morgan fingerprint density at radius 2 is 1.60 bits per heavy atom. The number of ether oxygens (including phenoxy) is 5. The lowest BCUT2D eigenvalue weighted by atomic mass is 9.74. The zero-order valence-electron chi connectivity index (χ0n) is 14.6. The van der Waals surface area contributed by atoms with Crippen LogP contribution in [-0.2, 0) is 42.9 Å². The summed E-state index contributed by atoms with van der Waals surface area (Å²) < 4.78 is 26.5. The quantitative estimate of drug-likeness (QED) is 0.371. The second kappa shape index (κ2) is 7.38. The molecule has 0 radical (unpaired) electrons. The molecule has 9 heteroatoms. The molecule has 2 aliphatic rings. The second-order valence-corrected chi connectivity index (χ2v) is 6.23. The van der Waals surface area contributed by atoms with Gasteiger partial charge in [0.15, 0.2) is 5.60 Å². The second-order valence-electron chi connectivity index (χ2n) is 6.23. The molecule has 2 fully saturated rings. The monoisotopic (exact) mass is 358 g/mol. The molecule has 0 aromatic carbocycles. The molecular formula is C16H22O9. The molecule has 140 valence electrons. The van der Waals surface area contributed by atoms with Crippen LogP contribution < -0.4 is 0 Å². The van der Waals surface area contributed by atoms with Crippen LogP contribution in [-0.4, -0.2) is 61.0 Å². The molecule has 9 nitrogen and oxygen atoms in total. The van der Waals surface area contributed by atoms with Gasteiger partial charge in [-0.3, -0.25) is 19.2 Å². The topological polar surface area (TPSA) is 118 Å². The van der Waals surface area contributed by atoms with Crippen LogP contribution in [0.4, 0.5) is 0 Å². The minimum absolute atomic E-state index is 0.0891. The molecule has 0 spiro atoms. The number of epoxide rings is 1. The molecule has 2 rings (SSSR count). The molecule has 0 aromatic rings. The van der Waals surface area contributed by atoms with E-state index in [2.05, 4.69) is 0 Å². The smallest absolute Gasteiger partial charge is 0.303 e. The van der Waals surface area contributed by atoms with E-state index in [1.807, 2.05) is 0 Å². The summed E-state index contributed by atoms with van der Waals surface area (Å²) in [6.07, 6.45) is -1.39. The number of hydrogen-bond acceptors (Lipinski definition) is 9. The Morgan fingerprint density at radius 3 is 2.12 bits per heavy atom. The highest BCUT2D eigenvalue weighted by atomic mass is 16.7. The first-order valence-electron chi connectivity index (χ1n) is 7.94. The van der Waals surface area contributed by atoms with Crippen molar-refractivity contribution in [1.82, 2.24) is 0 Å². The maximum Gasteiger partial charge on any atom is 0.303 e. The number of carbonyl (C=O) groups is 4. The first-order chi connectivity index (χ1) is 11.7. The summed E-state index contributed by atoms with van der Waals surface area (Å²) in [4.78, 5) is 45.4. The molecule has 1 aliphatic heterocycles. The van der Waals surface area contributed by atoms with Crippen molar-refractivity contribution >= 4 is 23.9 Å². The Labute approximate surface area is 144 Å². The average Bonchev–Trinajstić information content (AvgIpc) is 3.26. The van der Waals surface area contributed by atoms with E-state index in [9.17, 15) is 19.2 Å². The Morgan fingerprint density at radius 1 is 0.960 bits per heavy atom. The van der Waals surface area contributed by atoms with Crippen molar-refractivity contribution in [3.63, 3.8) is 0 Å². The molecule has 1 saturated heterocycles. The van der Waals surface area contributed by atoms with Gasteiger partial charge in [-0.2, -0.15) is 0 Å². The fourth-order valence-corrected chi connectivity index (χ4v) is 3.25. The van der Waals surface area contributed by atoms with Crippen molar-refractivity contribution in [1.29, 1.82) is 0 Å². The highest BCUT2D eigenvalue weighted by Gasteiger charge is 2.69. The SMILES string of the molecule is CC(=O)OC[C@H]1C[C@H](OC(C)=O)[C@@H]2O[C@@H]2[C@]1(COC(C)=O)OC(C)=O. The molecule has 25 heavy (non-hydrogen) atoms. The van der Waals surface area contributed by atoms with Crippen molar-refractivity contribution in [2.45, 2.75) is 58.0 Å². The zero-order chi connectivity index (χ0) is 18.8. The molecule has 0 unspecified atom stereocenters. The minimum atomic E-state index is -1.30. The third-order valence-corrected chi connectivity index (χ3v) is 4.22. The third kappa shape index (κ3) is 4.47. The minimum Gasteiger partial charge on any atom is -0.465 e.